The summed E-state index contributed by atoms with van der Waals surface area (Å²) in [6.45, 7) is 3.49. The molecule has 2 rings (SSSR count). The molecule has 1 atom stereocenters. The number of carbonyl (C=O) groups excluding carboxylic acids is 1. The summed E-state index contributed by atoms with van der Waals surface area (Å²) >= 11 is 1.50. The maximum absolute atomic E-state index is 12.4. The fourth-order valence-corrected chi connectivity index (χ4v) is 2.58. The maximum atomic E-state index is 12.4. The number of hydrogen-bond donors (Lipinski definition) is 1. The lowest BCUT2D eigenvalue weighted by molar-refractivity contribution is 0.0342. The molecule has 0 bridgehead atoms. The Morgan fingerprint density at radius 1 is 1.38 bits per heavy atom. The highest BCUT2D eigenvalue weighted by Crippen LogP contribution is 2.24. The first-order chi connectivity index (χ1) is 11.4. The van der Waals surface area contributed by atoms with E-state index < -0.39 is 17.5 Å². The Morgan fingerprint density at radius 3 is 2.79 bits per heavy atom. The van der Waals surface area contributed by atoms with E-state index >= 15 is 0 Å². The first-order valence-corrected chi connectivity index (χ1v) is 8.89. The predicted molar refractivity (Wildman–Crippen MR) is 92.9 cm³/mol. The summed E-state index contributed by atoms with van der Waals surface area (Å²) in [6.07, 6.45) is 0.932. The van der Waals surface area contributed by atoms with Crippen LogP contribution in [0.1, 0.15) is 24.4 Å². The number of hydrogen-bond acceptors (Lipinski definition) is 7. The molecule has 2 aromatic rings. The molecule has 1 N–H and O–H groups in total. The summed E-state index contributed by atoms with van der Waals surface area (Å²) < 4.78 is 16.1. The Bertz CT molecular complexity index is 767. The van der Waals surface area contributed by atoms with Crippen LogP contribution in [0.15, 0.2) is 33.5 Å². The molecule has 0 saturated carbocycles. The van der Waals surface area contributed by atoms with Gasteiger partial charge >= 0.3 is 5.97 Å². The number of aliphatic hydroxyl groups is 1. The molecule has 1 unspecified atom stereocenters. The quantitative estimate of drug-likeness (QED) is 0.766. The van der Waals surface area contributed by atoms with Crippen LogP contribution < -0.4 is 10.2 Å². The molecule has 0 fully saturated rings. The topological polar surface area (TPSA) is 86.0 Å². The van der Waals surface area contributed by atoms with Gasteiger partial charge in [0.2, 0.25) is 5.76 Å². The van der Waals surface area contributed by atoms with E-state index in [1.54, 1.807) is 32.0 Å². The maximum Gasteiger partial charge on any atom is 0.374 e. The second-order valence-corrected chi connectivity index (χ2v) is 6.39. The molecule has 0 aliphatic carbocycles. The number of benzene rings is 1. The summed E-state index contributed by atoms with van der Waals surface area (Å²) in [5.74, 6) is 0.00144. The Labute approximate surface area is 143 Å². The zero-order valence-electron chi connectivity index (χ0n) is 13.8. The lowest BCUT2D eigenvalue weighted by Crippen LogP contribution is -2.20. The third-order valence-corrected chi connectivity index (χ3v) is 3.77. The van der Waals surface area contributed by atoms with Crippen molar-refractivity contribution in [1.82, 2.24) is 0 Å². The average molecular weight is 352 g/mol. The van der Waals surface area contributed by atoms with Gasteiger partial charge in [0.1, 0.15) is 23.3 Å². The van der Waals surface area contributed by atoms with Crippen LogP contribution in [0.2, 0.25) is 0 Å². The van der Waals surface area contributed by atoms with Gasteiger partial charge in [0.25, 0.3) is 0 Å². The molecule has 6 nitrogen and oxygen atoms in total. The first kappa shape index (κ1) is 18.4. The van der Waals surface area contributed by atoms with Crippen LogP contribution in [0.3, 0.4) is 0 Å². The van der Waals surface area contributed by atoms with E-state index in [9.17, 15) is 14.7 Å². The fourth-order valence-electron chi connectivity index (χ4n) is 2.10. The minimum Gasteiger partial charge on any atom is -0.490 e. The van der Waals surface area contributed by atoms with Crippen molar-refractivity contribution in [3.05, 3.63) is 40.2 Å². The molecule has 0 amide bonds. The molecule has 0 saturated heterocycles. The van der Waals surface area contributed by atoms with E-state index in [0.717, 1.165) is 6.07 Å². The second-order valence-electron chi connectivity index (χ2n) is 5.48. The van der Waals surface area contributed by atoms with Gasteiger partial charge in [0, 0.05) is 11.8 Å². The number of aliphatic hydroxyl groups excluding tert-OH is 1. The lowest BCUT2D eigenvalue weighted by Gasteiger charge is -2.13. The van der Waals surface area contributed by atoms with E-state index in [1.807, 2.05) is 6.26 Å². The van der Waals surface area contributed by atoms with Crippen LogP contribution in [-0.4, -0.2) is 41.9 Å². The van der Waals surface area contributed by atoms with Crippen LogP contribution in [-0.2, 0) is 4.74 Å². The molecule has 0 aliphatic heterocycles. The largest absolute Gasteiger partial charge is 0.490 e. The predicted octanol–water partition coefficient (Wildman–Crippen LogP) is 2.46. The standard InChI is InChI=1S/C17H20O6S/c1-10(2)22-17(20)15-7-12(19)16-13(5-4-6-14(16)23-15)21-8-11(18)9-24-3/h4-7,10-11,18H,8-9H2,1-3H3. The van der Waals surface area contributed by atoms with Gasteiger partial charge in [-0.1, -0.05) is 6.07 Å². The van der Waals surface area contributed by atoms with Gasteiger partial charge in [0.15, 0.2) is 5.43 Å². The molecule has 130 valence electrons. The Morgan fingerprint density at radius 2 is 2.12 bits per heavy atom. The smallest absolute Gasteiger partial charge is 0.374 e. The number of fused-ring (bicyclic) bond motifs is 1. The van der Waals surface area contributed by atoms with Crippen LogP contribution in [0, 0.1) is 0 Å². The minimum atomic E-state index is -0.689. The van der Waals surface area contributed by atoms with Crippen molar-refractivity contribution in [2.75, 3.05) is 18.6 Å². The zero-order chi connectivity index (χ0) is 17.7. The van der Waals surface area contributed by atoms with Crippen molar-refractivity contribution < 1.29 is 23.8 Å². The molecule has 24 heavy (non-hydrogen) atoms. The molecular formula is C17H20O6S. The van der Waals surface area contributed by atoms with Gasteiger partial charge in [-0.15, -0.1) is 0 Å². The average Bonchev–Trinajstić information content (AvgIpc) is 2.52. The summed E-state index contributed by atoms with van der Waals surface area (Å²) in [6, 6.07) is 5.95. The van der Waals surface area contributed by atoms with Crippen molar-refractivity contribution in [3.8, 4) is 5.75 Å². The zero-order valence-corrected chi connectivity index (χ0v) is 14.6. The van der Waals surface area contributed by atoms with Crippen LogP contribution in [0.5, 0.6) is 5.75 Å². The molecule has 0 spiro atoms. The van der Waals surface area contributed by atoms with Crippen LogP contribution in [0.25, 0.3) is 11.0 Å². The Balaban J connectivity index is 2.33. The highest BCUT2D eigenvalue weighted by atomic mass is 32.2. The van der Waals surface area contributed by atoms with Gasteiger partial charge < -0.3 is 19.0 Å². The summed E-state index contributed by atoms with van der Waals surface area (Å²) in [4.78, 5) is 24.3. The van der Waals surface area contributed by atoms with Crippen molar-refractivity contribution >= 4 is 28.7 Å². The first-order valence-electron chi connectivity index (χ1n) is 7.50. The van der Waals surface area contributed by atoms with Crippen molar-refractivity contribution in [3.63, 3.8) is 0 Å². The van der Waals surface area contributed by atoms with Gasteiger partial charge in [-0.05, 0) is 32.2 Å². The van der Waals surface area contributed by atoms with Crippen molar-refractivity contribution in [2.24, 2.45) is 0 Å². The SMILES string of the molecule is CSCC(O)COc1cccc2oc(C(=O)OC(C)C)cc(=O)c12. The Hall–Kier alpha value is -1.99. The monoisotopic (exact) mass is 352 g/mol. The molecule has 7 heteroatoms. The highest BCUT2D eigenvalue weighted by molar-refractivity contribution is 7.98. The minimum absolute atomic E-state index is 0.0660. The van der Waals surface area contributed by atoms with Gasteiger partial charge in [-0.3, -0.25) is 4.79 Å². The van der Waals surface area contributed by atoms with Crippen LogP contribution in [0.4, 0.5) is 0 Å². The second kappa shape index (κ2) is 8.21. The number of esters is 1. The molecule has 0 aliphatic rings. The van der Waals surface area contributed by atoms with E-state index in [0.29, 0.717) is 11.5 Å². The normalized spacial score (nSPS) is 12.4. The number of thioether (sulfide) groups is 1. The highest BCUT2D eigenvalue weighted by Gasteiger charge is 2.17. The molecule has 1 heterocycles. The third-order valence-electron chi connectivity index (χ3n) is 3.05. The van der Waals surface area contributed by atoms with Gasteiger partial charge in [-0.25, -0.2) is 4.79 Å². The molecule has 0 radical (unpaired) electrons. The van der Waals surface area contributed by atoms with Crippen LogP contribution >= 0.6 is 11.8 Å². The number of rotatable bonds is 7. The Kier molecular flexibility index (Phi) is 6.28. The molecule has 1 aromatic carbocycles. The summed E-state index contributed by atoms with van der Waals surface area (Å²) in [7, 11) is 0. The van der Waals surface area contributed by atoms with Gasteiger partial charge in [0.05, 0.1) is 12.2 Å². The molecule has 1 aromatic heterocycles. The van der Waals surface area contributed by atoms with E-state index in [2.05, 4.69) is 0 Å². The summed E-state index contributed by atoms with van der Waals surface area (Å²) in [5, 5.41) is 9.98. The number of ether oxygens (including phenoxy) is 2. The lowest BCUT2D eigenvalue weighted by atomic mass is 10.2. The fraction of sp³-hybridized carbons (Fsp3) is 0.412. The number of carbonyl (C=O) groups is 1. The van der Waals surface area contributed by atoms with Gasteiger partial charge in [-0.2, -0.15) is 11.8 Å². The van der Waals surface area contributed by atoms with Crippen molar-refractivity contribution in [2.45, 2.75) is 26.1 Å². The van der Waals surface area contributed by atoms with E-state index in [1.165, 1.54) is 11.8 Å². The van der Waals surface area contributed by atoms with Crippen molar-refractivity contribution in [1.29, 1.82) is 0 Å². The third kappa shape index (κ3) is 4.52. The molecular weight excluding hydrogens is 332 g/mol. The summed E-state index contributed by atoms with van der Waals surface area (Å²) in [5.41, 5.74) is -0.169. The van der Waals surface area contributed by atoms with E-state index in [4.69, 9.17) is 13.9 Å². The van der Waals surface area contributed by atoms with E-state index in [-0.39, 0.29) is 29.4 Å².